The van der Waals surface area contributed by atoms with E-state index in [0.29, 0.717) is 6.04 Å². The van der Waals surface area contributed by atoms with Gasteiger partial charge >= 0.3 is 0 Å². The first-order valence-corrected chi connectivity index (χ1v) is 10.1. The molecular weight excluding hydrogens is 320 g/mol. The van der Waals surface area contributed by atoms with E-state index in [1.165, 1.54) is 62.7 Å². The lowest BCUT2D eigenvalue weighted by molar-refractivity contribution is 0.112. The Kier molecular flexibility index (Phi) is 4.99. The molecule has 2 fully saturated rings. The molecule has 0 radical (unpaired) electrons. The van der Waals surface area contributed by atoms with Crippen molar-refractivity contribution in [2.75, 3.05) is 13.1 Å². The number of allylic oxidation sites excluding steroid dienone is 2. The van der Waals surface area contributed by atoms with Gasteiger partial charge in [-0.15, -0.1) is 0 Å². The van der Waals surface area contributed by atoms with Crippen molar-refractivity contribution in [1.29, 1.82) is 0 Å². The van der Waals surface area contributed by atoms with E-state index in [9.17, 15) is 4.79 Å². The zero-order valence-electron chi connectivity index (χ0n) is 16.1. The minimum atomic E-state index is 0.516. The van der Waals surface area contributed by atoms with Crippen LogP contribution >= 0.6 is 0 Å². The largest absolute Gasteiger partial charge is 0.344 e. The number of nitrogens with zero attached hydrogens (tertiary/aromatic N) is 2. The highest BCUT2D eigenvalue weighted by molar-refractivity contribution is 5.97. The number of likely N-dealkylation sites (tertiary alicyclic amines) is 1. The van der Waals surface area contributed by atoms with Crippen molar-refractivity contribution in [1.82, 2.24) is 9.47 Å². The van der Waals surface area contributed by atoms with Gasteiger partial charge in [0.25, 0.3) is 0 Å². The van der Waals surface area contributed by atoms with Crippen LogP contribution in [0.25, 0.3) is 10.9 Å². The lowest BCUT2D eigenvalue weighted by Crippen LogP contribution is -2.42. The Morgan fingerprint density at radius 2 is 1.69 bits per heavy atom. The molecule has 26 heavy (non-hydrogen) atoms. The molecule has 0 atom stereocenters. The summed E-state index contributed by atoms with van der Waals surface area (Å²) < 4.78 is 2.36. The highest BCUT2D eigenvalue weighted by atomic mass is 16.1. The Morgan fingerprint density at radius 3 is 2.35 bits per heavy atom. The molecule has 0 spiro atoms. The van der Waals surface area contributed by atoms with Crippen LogP contribution in [-0.2, 0) is 0 Å². The Balaban J connectivity index is 1.43. The Hall–Kier alpha value is -1.87. The molecule has 1 aromatic heterocycles. The first kappa shape index (κ1) is 17.5. The third-order valence-corrected chi connectivity index (χ3v) is 6.57. The van der Waals surface area contributed by atoms with Gasteiger partial charge in [0.15, 0.2) is 6.29 Å². The average molecular weight is 351 g/mol. The first-order valence-electron chi connectivity index (χ1n) is 10.1. The molecule has 0 bridgehead atoms. The maximum atomic E-state index is 11.4. The number of rotatable bonds is 3. The Morgan fingerprint density at radius 1 is 1.00 bits per heavy atom. The number of hydrogen-bond donors (Lipinski definition) is 0. The van der Waals surface area contributed by atoms with Gasteiger partial charge in [0, 0.05) is 47.8 Å². The smallest absolute Gasteiger partial charge is 0.152 e. The third kappa shape index (κ3) is 3.25. The van der Waals surface area contributed by atoms with Crippen LogP contribution < -0.4 is 0 Å². The number of hydrogen-bond acceptors (Lipinski definition) is 2. The summed E-state index contributed by atoms with van der Waals surface area (Å²) in [4.78, 5) is 14.2. The SMILES string of the molecule is CC(C)=C1CCC(N2CCC(n3cc(C=O)c4ccccc43)CC2)CC1. The van der Waals surface area contributed by atoms with Crippen molar-refractivity contribution < 1.29 is 4.79 Å². The third-order valence-electron chi connectivity index (χ3n) is 6.57. The number of piperidine rings is 1. The van der Waals surface area contributed by atoms with Crippen LogP contribution in [0.1, 0.15) is 68.8 Å². The molecule has 1 saturated heterocycles. The minimum absolute atomic E-state index is 0.516. The Labute approximate surface area is 156 Å². The van der Waals surface area contributed by atoms with E-state index in [2.05, 4.69) is 47.7 Å². The van der Waals surface area contributed by atoms with E-state index in [-0.39, 0.29) is 0 Å². The molecule has 1 aliphatic carbocycles. The van der Waals surface area contributed by atoms with Crippen LogP contribution in [-0.4, -0.2) is 34.9 Å². The summed E-state index contributed by atoms with van der Waals surface area (Å²) in [5, 5.41) is 1.09. The molecule has 0 unspecified atom stereocenters. The van der Waals surface area contributed by atoms with E-state index in [1.807, 2.05) is 6.07 Å². The van der Waals surface area contributed by atoms with Crippen molar-refractivity contribution in [3.8, 4) is 0 Å². The molecule has 1 aliphatic heterocycles. The highest BCUT2D eigenvalue weighted by Crippen LogP contribution is 2.34. The first-order chi connectivity index (χ1) is 12.7. The Bertz CT molecular complexity index is 810. The van der Waals surface area contributed by atoms with Gasteiger partial charge in [-0.1, -0.05) is 29.3 Å². The van der Waals surface area contributed by atoms with Gasteiger partial charge in [0.2, 0.25) is 0 Å². The average Bonchev–Trinajstić information content (AvgIpc) is 3.07. The second-order valence-corrected chi connectivity index (χ2v) is 8.23. The summed E-state index contributed by atoms with van der Waals surface area (Å²) in [6, 6.07) is 9.59. The number of carbonyl (C=O) groups excluding carboxylic acids is 1. The molecular formula is C23H30N2O. The van der Waals surface area contributed by atoms with E-state index < -0.39 is 0 Å². The summed E-state index contributed by atoms with van der Waals surface area (Å²) >= 11 is 0. The van der Waals surface area contributed by atoms with E-state index in [0.717, 1.165) is 23.3 Å². The van der Waals surface area contributed by atoms with E-state index >= 15 is 0 Å². The number of aldehydes is 1. The number of para-hydroxylation sites is 1. The molecule has 2 heterocycles. The maximum absolute atomic E-state index is 11.4. The van der Waals surface area contributed by atoms with Gasteiger partial charge in [0.1, 0.15) is 0 Å². The molecule has 4 rings (SSSR count). The lowest BCUT2D eigenvalue weighted by Gasteiger charge is -2.40. The van der Waals surface area contributed by atoms with Crippen LogP contribution in [0.4, 0.5) is 0 Å². The van der Waals surface area contributed by atoms with Crippen LogP contribution in [0.15, 0.2) is 41.6 Å². The summed E-state index contributed by atoms with van der Waals surface area (Å²) in [6.07, 6.45) is 10.7. The van der Waals surface area contributed by atoms with Crippen molar-refractivity contribution in [3.63, 3.8) is 0 Å². The van der Waals surface area contributed by atoms with Gasteiger partial charge in [-0.25, -0.2) is 0 Å². The second kappa shape index (κ2) is 7.40. The number of fused-ring (bicyclic) bond motifs is 1. The van der Waals surface area contributed by atoms with Gasteiger partial charge < -0.3 is 9.47 Å². The van der Waals surface area contributed by atoms with Gasteiger partial charge in [-0.3, -0.25) is 4.79 Å². The normalized spacial score (nSPS) is 22.7. The number of aromatic nitrogens is 1. The monoisotopic (exact) mass is 350 g/mol. The summed E-state index contributed by atoms with van der Waals surface area (Å²) in [5.41, 5.74) is 5.26. The van der Waals surface area contributed by atoms with Crippen LogP contribution in [0.5, 0.6) is 0 Å². The molecule has 0 N–H and O–H groups in total. The van der Waals surface area contributed by atoms with Crippen LogP contribution in [0.2, 0.25) is 0 Å². The predicted molar refractivity (Wildman–Crippen MR) is 108 cm³/mol. The molecule has 2 aliphatic rings. The molecule has 3 heteroatoms. The fourth-order valence-electron chi connectivity index (χ4n) is 4.97. The van der Waals surface area contributed by atoms with Crippen LogP contribution in [0, 0.1) is 0 Å². The molecule has 1 aromatic carbocycles. The van der Waals surface area contributed by atoms with Crippen molar-refractivity contribution >= 4 is 17.2 Å². The van der Waals surface area contributed by atoms with Crippen molar-refractivity contribution in [2.24, 2.45) is 0 Å². The fraction of sp³-hybridized carbons (Fsp3) is 0.522. The zero-order valence-corrected chi connectivity index (χ0v) is 16.1. The molecule has 0 amide bonds. The zero-order chi connectivity index (χ0) is 18.1. The fourth-order valence-corrected chi connectivity index (χ4v) is 4.97. The molecule has 138 valence electrons. The second-order valence-electron chi connectivity index (χ2n) is 8.23. The molecule has 2 aromatic rings. The highest BCUT2D eigenvalue weighted by Gasteiger charge is 2.28. The predicted octanol–water partition coefficient (Wildman–Crippen LogP) is 5.37. The summed E-state index contributed by atoms with van der Waals surface area (Å²) in [7, 11) is 0. The topological polar surface area (TPSA) is 25.2 Å². The van der Waals surface area contributed by atoms with Gasteiger partial charge in [-0.2, -0.15) is 0 Å². The number of carbonyl (C=O) groups is 1. The quantitative estimate of drug-likeness (QED) is 0.549. The van der Waals surface area contributed by atoms with Crippen molar-refractivity contribution in [3.05, 3.63) is 47.2 Å². The molecule has 1 saturated carbocycles. The number of benzene rings is 1. The summed E-state index contributed by atoms with van der Waals surface area (Å²) in [5.74, 6) is 0. The van der Waals surface area contributed by atoms with Crippen LogP contribution in [0.3, 0.4) is 0 Å². The lowest BCUT2D eigenvalue weighted by atomic mass is 9.86. The van der Waals surface area contributed by atoms with Crippen molar-refractivity contribution in [2.45, 2.75) is 64.5 Å². The van der Waals surface area contributed by atoms with Gasteiger partial charge in [0.05, 0.1) is 0 Å². The van der Waals surface area contributed by atoms with Gasteiger partial charge in [-0.05, 0) is 58.4 Å². The standard InChI is InChI=1S/C23H30N2O/c1-17(2)18-7-9-20(10-8-18)24-13-11-21(12-14-24)25-15-19(16-26)22-5-3-4-6-23(22)25/h3-6,15-16,20-21H,7-14H2,1-2H3. The van der Waals surface area contributed by atoms with E-state index in [1.54, 1.807) is 5.57 Å². The van der Waals surface area contributed by atoms with E-state index in [4.69, 9.17) is 0 Å². The molecule has 3 nitrogen and oxygen atoms in total. The minimum Gasteiger partial charge on any atom is -0.344 e. The summed E-state index contributed by atoms with van der Waals surface area (Å²) in [6.45, 7) is 6.89. The maximum Gasteiger partial charge on any atom is 0.152 e.